The van der Waals surface area contributed by atoms with Gasteiger partial charge in [-0.3, -0.25) is 4.79 Å². The molecular formula is C19H15F2NO4. The van der Waals surface area contributed by atoms with Crippen LogP contribution in [0.5, 0.6) is 5.75 Å². The zero-order valence-electron chi connectivity index (χ0n) is 13.7. The van der Waals surface area contributed by atoms with Gasteiger partial charge in [0.05, 0.1) is 5.56 Å². The number of aromatic nitrogens is 1. The Morgan fingerprint density at radius 2 is 1.73 bits per heavy atom. The predicted molar refractivity (Wildman–Crippen MR) is 90.6 cm³/mol. The highest BCUT2D eigenvalue weighted by Gasteiger charge is 2.23. The summed E-state index contributed by atoms with van der Waals surface area (Å²) in [5.74, 6) is -1.14. The molecule has 7 heteroatoms. The molecule has 0 amide bonds. The second-order valence-electron chi connectivity index (χ2n) is 5.56. The minimum atomic E-state index is -2.94. The van der Waals surface area contributed by atoms with Crippen LogP contribution in [0.3, 0.4) is 0 Å². The van der Waals surface area contributed by atoms with Crippen LogP contribution < -0.4 is 4.74 Å². The first kappa shape index (κ1) is 17.6. The second-order valence-corrected chi connectivity index (χ2v) is 5.56. The van der Waals surface area contributed by atoms with Gasteiger partial charge in [-0.25, -0.2) is 4.79 Å². The third-order valence-corrected chi connectivity index (χ3v) is 3.82. The predicted octanol–water partition coefficient (Wildman–Crippen LogP) is 4.20. The number of carbonyl (C=O) groups is 2. The van der Waals surface area contributed by atoms with Crippen LogP contribution >= 0.6 is 0 Å². The first-order chi connectivity index (χ1) is 12.5. The number of nitrogens with one attached hydrogen (secondary N) is 1. The molecule has 3 rings (SSSR count). The van der Waals surface area contributed by atoms with Crippen LogP contribution in [-0.2, 0) is 4.74 Å². The van der Waals surface area contributed by atoms with Crippen LogP contribution in [0.1, 0.15) is 27.6 Å². The molecule has 1 N–H and O–H groups in total. The Bertz CT molecular complexity index is 934. The average molecular weight is 359 g/mol. The van der Waals surface area contributed by atoms with Gasteiger partial charge in [0.25, 0.3) is 0 Å². The summed E-state index contributed by atoms with van der Waals surface area (Å²) in [5.41, 5.74) is 1.37. The van der Waals surface area contributed by atoms with E-state index in [-0.39, 0.29) is 17.1 Å². The molecule has 5 nitrogen and oxygen atoms in total. The summed E-state index contributed by atoms with van der Waals surface area (Å²) in [7, 11) is 0. The lowest BCUT2D eigenvalue weighted by atomic mass is 10.1. The molecule has 0 saturated heterocycles. The van der Waals surface area contributed by atoms with Crippen molar-refractivity contribution in [3.8, 4) is 5.75 Å². The molecule has 2 aromatic carbocycles. The Labute approximate surface area is 147 Å². The summed E-state index contributed by atoms with van der Waals surface area (Å²) < 4.78 is 33.7. The lowest BCUT2D eigenvalue weighted by molar-refractivity contribution is -0.0498. The molecule has 0 bridgehead atoms. The van der Waals surface area contributed by atoms with Crippen molar-refractivity contribution in [2.24, 2.45) is 0 Å². The molecular weight excluding hydrogens is 344 g/mol. The van der Waals surface area contributed by atoms with Gasteiger partial charge in [0.15, 0.2) is 6.10 Å². The topological polar surface area (TPSA) is 68.4 Å². The maximum atomic E-state index is 12.6. The Balaban J connectivity index is 1.69. The Kier molecular flexibility index (Phi) is 4.97. The fraction of sp³-hybridized carbons (Fsp3) is 0.158. The average Bonchev–Trinajstić information content (AvgIpc) is 3.05. The van der Waals surface area contributed by atoms with Gasteiger partial charge in [-0.1, -0.05) is 18.2 Å². The van der Waals surface area contributed by atoms with Gasteiger partial charge >= 0.3 is 12.6 Å². The van der Waals surface area contributed by atoms with E-state index in [1.807, 2.05) is 18.2 Å². The molecule has 1 heterocycles. The number of rotatable bonds is 6. The molecule has 0 aliphatic heterocycles. The number of hydrogen-bond donors (Lipinski definition) is 1. The summed E-state index contributed by atoms with van der Waals surface area (Å²) in [5, 5.41) is 0.744. The third-order valence-electron chi connectivity index (χ3n) is 3.82. The first-order valence-corrected chi connectivity index (χ1v) is 7.82. The molecule has 0 spiro atoms. The summed E-state index contributed by atoms with van der Waals surface area (Å²) in [6, 6.07) is 12.3. The van der Waals surface area contributed by atoms with Gasteiger partial charge in [-0.2, -0.15) is 8.78 Å². The Morgan fingerprint density at radius 3 is 2.42 bits per heavy atom. The fourth-order valence-corrected chi connectivity index (χ4v) is 2.55. The molecule has 0 aliphatic carbocycles. The number of halogens is 2. The van der Waals surface area contributed by atoms with E-state index in [9.17, 15) is 18.4 Å². The molecule has 1 atom stereocenters. The van der Waals surface area contributed by atoms with Crippen LogP contribution in [-0.4, -0.2) is 29.5 Å². The Hall–Kier alpha value is -3.22. The number of benzene rings is 2. The minimum Gasteiger partial charge on any atom is -0.451 e. The summed E-state index contributed by atoms with van der Waals surface area (Å²) in [6.07, 6.45) is 0.576. The molecule has 3 aromatic rings. The van der Waals surface area contributed by atoms with Gasteiger partial charge in [-0.05, 0) is 37.3 Å². The third kappa shape index (κ3) is 3.72. The van der Waals surface area contributed by atoms with Crippen LogP contribution in [0.4, 0.5) is 8.78 Å². The van der Waals surface area contributed by atoms with Gasteiger partial charge in [-0.15, -0.1) is 0 Å². The molecule has 0 saturated carbocycles. The van der Waals surface area contributed by atoms with E-state index in [0.29, 0.717) is 5.56 Å². The monoisotopic (exact) mass is 359 g/mol. The molecule has 1 aromatic heterocycles. The summed E-state index contributed by atoms with van der Waals surface area (Å²) >= 11 is 0. The molecule has 26 heavy (non-hydrogen) atoms. The van der Waals surface area contributed by atoms with E-state index in [1.165, 1.54) is 31.2 Å². The van der Waals surface area contributed by atoms with Crippen molar-refractivity contribution in [1.82, 2.24) is 4.98 Å². The van der Waals surface area contributed by atoms with Gasteiger partial charge in [0.1, 0.15) is 5.75 Å². The maximum Gasteiger partial charge on any atom is 0.387 e. The zero-order chi connectivity index (χ0) is 18.7. The number of alkyl halides is 2. The highest BCUT2D eigenvalue weighted by Crippen LogP contribution is 2.21. The number of H-pyrrole nitrogens is 1. The number of carbonyl (C=O) groups excluding carboxylic acids is 2. The largest absolute Gasteiger partial charge is 0.451 e. The van der Waals surface area contributed by atoms with Crippen molar-refractivity contribution in [3.63, 3.8) is 0 Å². The highest BCUT2D eigenvalue weighted by molar-refractivity contribution is 6.10. The van der Waals surface area contributed by atoms with Crippen molar-refractivity contribution < 1.29 is 27.8 Å². The number of ketones is 1. The number of fused-ring (bicyclic) bond motifs is 1. The van der Waals surface area contributed by atoms with Crippen LogP contribution in [0.15, 0.2) is 54.7 Å². The van der Waals surface area contributed by atoms with Gasteiger partial charge < -0.3 is 14.5 Å². The van der Waals surface area contributed by atoms with Crippen molar-refractivity contribution in [2.45, 2.75) is 19.6 Å². The molecule has 0 fully saturated rings. The van der Waals surface area contributed by atoms with Gasteiger partial charge in [0, 0.05) is 22.7 Å². The fourth-order valence-electron chi connectivity index (χ4n) is 2.55. The van der Waals surface area contributed by atoms with Gasteiger partial charge in [0.2, 0.25) is 5.78 Å². The van der Waals surface area contributed by atoms with E-state index in [1.54, 1.807) is 12.3 Å². The smallest absolute Gasteiger partial charge is 0.387 e. The maximum absolute atomic E-state index is 12.6. The SMILES string of the molecule is CC(OC(=O)c1ccc(OC(F)F)cc1)C(=O)c1c[nH]c2ccccc12. The number of esters is 1. The van der Waals surface area contributed by atoms with Crippen molar-refractivity contribution in [2.75, 3.05) is 0 Å². The highest BCUT2D eigenvalue weighted by atomic mass is 19.3. The first-order valence-electron chi connectivity index (χ1n) is 7.82. The number of hydrogen-bond acceptors (Lipinski definition) is 4. The van der Waals surface area contributed by atoms with Crippen LogP contribution in [0.2, 0.25) is 0 Å². The lowest BCUT2D eigenvalue weighted by Gasteiger charge is -2.12. The van der Waals surface area contributed by atoms with Crippen molar-refractivity contribution >= 4 is 22.7 Å². The number of Topliss-reactive ketones (excluding diaryl/α,β-unsaturated/α-hetero) is 1. The summed E-state index contributed by atoms with van der Waals surface area (Å²) in [4.78, 5) is 27.7. The summed E-state index contributed by atoms with van der Waals surface area (Å²) in [6.45, 7) is -1.46. The quantitative estimate of drug-likeness (QED) is 0.529. The number of para-hydroxylation sites is 1. The molecule has 1 unspecified atom stereocenters. The molecule has 0 radical (unpaired) electrons. The van der Waals surface area contributed by atoms with E-state index < -0.39 is 18.7 Å². The second kappa shape index (κ2) is 7.35. The zero-order valence-corrected chi connectivity index (χ0v) is 13.7. The normalized spacial score (nSPS) is 12.2. The molecule has 134 valence electrons. The van der Waals surface area contributed by atoms with E-state index >= 15 is 0 Å². The Morgan fingerprint density at radius 1 is 1.04 bits per heavy atom. The van der Waals surface area contributed by atoms with Crippen LogP contribution in [0, 0.1) is 0 Å². The van der Waals surface area contributed by atoms with Crippen LogP contribution in [0.25, 0.3) is 10.9 Å². The van der Waals surface area contributed by atoms with E-state index in [4.69, 9.17) is 4.74 Å². The number of ether oxygens (including phenoxy) is 2. The van der Waals surface area contributed by atoms with E-state index in [0.717, 1.165) is 10.9 Å². The van der Waals surface area contributed by atoms with Crippen molar-refractivity contribution in [1.29, 1.82) is 0 Å². The lowest BCUT2D eigenvalue weighted by Crippen LogP contribution is -2.24. The van der Waals surface area contributed by atoms with E-state index in [2.05, 4.69) is 9.72 Å². The van der Waals surface area contributed by atoms with Crippen molar-refractivity contribution in [3.05, 3.63) is 65.9 Å². The molecule has 0 aliphatic rings. The minimum absolute atomic E-state index is 0.0699. The number of aromatic amines is 1. The standard InChI is InChI=1S/C19H15F2NO4/c1-11(17(23)15-10-22-16-5-3-2-4-14(15)16)25-18(24)12-6-8-13(9-7-12)26-19(20)21/h2-11,19,22H,1H3.